The predicted octanol–water partition coefficient (Wildman–Crippen LogP) is -0.285. The summed E-state index contributed by atoms with van der Waals surface area (Å²) in [7, 11) is 0. The lowest BCUT2D eigenvalue weighted by molar-refractivity contribution is -0.145. The molecule has 0 aromatic rings. The van der Waals surface area contributed by atoms with Crippen LogP contribution in [0.4, 0.5) is 4.79 Å². The Hall–Kier alpha value is -1.34. The van der Waals surface area contributed by atoms with Crippen LogP contribution in [0.5, 0.6) is 0 Å². The summed E-state index contributed by atoms with van der Waals surface area (Å²) in [5.74, 6) is -1.17. The fourth-order valence-corrected chi connectivity index (χ4v) is 2.23. The molecule has 0 aromatic carbocycles. The number of hydrogen-bond donors (Lipinski definition) is 4. The molecule has 17 heavy (non-hydrogen) atoms. The molecule has 98 valence electrons. The first-order chi connectivity index (χ1) is 7.97. The molecule has 0 spiro atoms. The molecule has 3 unspecified atom stereocenters. The van der Waals surface area contributed by atoms with Gasteiger partial charge in [-0.05, 0) is 25.7 Å². The van der Waals surface area contributed by atoms with E-state index in [4.69, 9.17) is 15.3 Å². The first-order valence-electron chi connectivity index (χ1n) is 5.50. The van der Waals surface area contributed by atoms with Crippen molar-refractivity contribution in [2.24, 2.45) is 0 Å². The minimum Gasteiger partial charge on any atom is -0.480 e. The molecule has 1 saturated heterocycles. The number of carbonyl (C=O) groups is 2. The Morgan fingerprint density at radius 3 is 2.41 bits per heavy atom. The lowest BCUT2D eigenvalue weighted by Crippen LogP contribution is -2.53. The summed E-state index contributed by atoms with van der Waals surface area (Å²) >= 11 is 0. The molecule has 4 N–H and O–H groups in total. The maximum Gasteiger partial charge on any atom is 0.408 e. The van der Waals surface area contributed by atoms with E-state index in [1.165, 1.54) is 0 Å². The van der Waals surface area contributed by atoms with Crippen molar-refractivity contribution in [3.8, 4) is 0 Å². The lowest BCUT2D eigenvalue weighted by Gasteiger charge is -2.38. The van der Waals surface area contributed by atoms with Crippen molar-refractivity contribution in [3.05, 3.63) is 0 Å². The van der Waals surface area contributed by atoms with Crippen molar-refractivity contribution >= 4 is 12.1 Å². The van der Waals surface area contributed by atoms with Crippen LogP contribution in [0.2, 0.25) is 0 Å². The number of amides is 1. The molecule has 0 bridgehead atoms. The molecule has 7 heteroatoms. The highest BCUT2D eigenvalue weighted by molar-refractivity contribution is 5.79. The van der Waals surface area contributed by atoms with Gasteiger partial charge in [-0.25, -0.2) is 9.59 Å². The minimum atomic E-state index is -1.30. The SMILES string of the molecule is O=C(O)C1CCCC(CC(O)CO)N1C(=O)O. The normalized spacial score (nSPS) is 26.6. The summed E-state index contributed by atoms with van der Waals surface area (Å²) in [5, 5.41) is 36.0. The number of nitrogens with zero attached hydrogens (tertiary/aromatic N) is 1. The number of rotatable bonds is 4. The molecule has 1 aliphatic heterocycles. The summed E-state index contributed by atoms with van der Waals surface area (Å²) in [6.45, 7) is -0.457. The van der Waals surface area contributed by atoms with Crippen LogP contribution in [0.15, 0.2) is 0 Å². The van der Waals surface area contributed by atoms with Gasteiger partial charge in [0.05, 0.1) is 12.7 Å². The van der Waals surface area contributed by atoms with Crippen molar-refractivity contribution in [3.63, 3.8) is 0 Å². The molecular formula is C10H17NO6. The molecule has 0 aliphatic carbocycles. The molecule has 7 nitrogen and oxygen atoms in total. The zero-order valence-corrected chi connectivity index (χ0v) is 9.32. The van der Waals surface area contributed by atoms with Crippen molar-refractivity contribution in [1.29, 1.82) is 0 Å². The summed E-state index contributed by atoms with van der Waals surface area (Å²) in [6.07, 6.45) is -0.863. The number of likely N-dealkylation sites (tertiary alicyclic amines) is 1. The van der Waals surface area contributed by atoms with Crippen LogP contribution < -0.4 is 0 Å². The summed E-state index contributed by atoms with van der Waals surface area (Å²) in [6, 6.07) is -1.61. The molecule has 0 radical (unpaired) electrons. The number of carboxylic acid groups (broad SMARTS) is 2. The van der Waals surface area contributed by atoms with Crippen LogP contribution in [0.1, 0.15) is 25.7 Å². The third kappa shape index (κ3) is 3.31. The summed E-state index contributed by atoms with van der Waals surface area (Å²) in [5.41, 5.74) is 0. The van der Waals surface area contributed by atoms with Crippen molar-refractivity contribution in [2.45, 2.75) is 43.9 Å². The number of piperidine rings is 1. The molecule has 1 amide bonds. The zero-order valence-electron chi connectivity index (χ0n) is 9.32. The Bertz CT molecular complexity index is 295. The van der Waals surface area contributed by atoms with Crippen LogP contribution in [-0.2, 0) is 4.79 Å². The second kappa shape index (κ2) is 5.83. The highest BCUT2D eigenvalue weighted by atomic mass is 16.4. The first-order valence-corrected chi connectivity index (χ1v) is 5.50. The molecule has 1 rings (SSSR count). The number of aliphatic carboxylic acids is 1. The Morgan fingerprint density at radius 2 is 1.94 bits per heavy atom. The van der Waals surface area contributed by atoms with Crippen LogP contribution in [0.3, 0.4) is 0 Å². The van der Waals surface area contributed by atoms with Crippen molar-refractivity contribution in [2.75, 3.05) is 6.61 Å². The van der Waals surface area contributed by atoms with E-state index < -0.39 is 36.9 Å². The highest BCUT2D eigenvalue weighted by Gasteiger charge is 2.38. The van der Waals surface area contributed by atoms with Crippen LogP contribution >= 0.6 is 0 Å². The van der Waals surface area contributed by atoms with Gasteiger partial charge >= 0.3 is 12.1 Å². The monoisotopic (exact) mass is 247 g/mol. The number of carboxylic acids is 1. The molecule has 1 heterocycles. The van der Waals surface area contributed by atoms with Gasteiger partial charge in [-0.3, -0.25) is 4.90 Å². The van der Waals surface area contributed by atoms with E-state index in [-0.39, 0.29) is 12.8 Å². The molecule has 0 saturated carbocycles. The van der Waals surface area contributed by atoms with Gasteiger partial charge in [-0.1, -0.05) is 0 Å². The molecule has 1 aliphatic rings. The van der Waals surface area contributed by atoms with Gasteiger partial charge < -0.3 is 20.4 Å². The zero-order chi connectivity index (χ0) is 13.0. The van der Waals surface area contributed by atoms with Gasteiger partial charge in [0.25, 0.3) is 0 Å². The lowest BCUT2D eigenvalue weighted by atomic mass is 9.92. The van der Waals surface area contributed by atoms with E-state index in [9.17, 15) is 14.7 Å². The van der Waals surface area contributed by atoms with E-state index in [2.05, 4.69) is 0 Å². The van der Waals surface area contributed by atoms with Crippen molar-refractivity contribution < 1.29 is 30.0 Å². The van der Waals surface area contributed by atoms with Gasteiger partial charge in [0, 0.05) is 6.04 Å². The number of hydrogen-bond acceptors (Lipinski definition) is 4. The highest BCUT2D eigenvalue weighted by Crippen LogP contribution is 2.26. The van der Waals surface area contributed by atoms with Crippen LogP contribution in [0.25, 0.3) is 0 Å². The Kier molecular flexibility index (Phi) is 4.71. The molecule has 1 fully saturated rings. The average molecular weight is 247 g/mol. The smallest absolute Gasteiger partial charge is 0.408 e. The van der Waals surface area contributed by atoms with Crippen molar-refractivity contribution in [1.82, 2.24) is 4.90 Å². The third-order valence-electron chi connectivity index (χ3n) is 3.00. The fourth-order valence-electron chi connectivity index (χ4n) is 2.23. The second-order valence-electron chi connectivity index (χ2n) is 4.20. The minimum absolute atomic E-state index is 0.0621. The molecule has 3 atom stereocenters. The average Bonchev–Trinajstić information content (AvgIpc) is 2.28. The fraction of sp³-hybridized carbons (Fsp3) is 0.800. The maximum atomic E-state index is 11.1. The topological polar surface area (TPSA) is 118 Å². The Morgan fingerprint density at radius 1 is 1.29 bits per heavy atom. The van der Waals surface area contributed by atoms with Gasteiger partial charge in [0.1, 0.15) is 6.04 Å². The summed E-state index contributed by atoms with van der Waals surface area (Å²) in [4.78, 5) is 22.9. The van der Waals surface area contributed by atoms with Gasteiger partial charge in [0.2, 0.25) is 0 Å². The largest absolute Gasteiger partial charge is 0.480 e. The van der Waals surface area contributed by atoms with Gasteiger partial charge in [-0.2, -0.15) is 0 Å². The second-order valence-corrected chi connectivity index (χ2v) is 4.20. The quantitative estimate of drug-likeness (QED) is 0.542. The molecular weight excluding hydrogens is 230 g/mol. The summed E-state index contributed by atoms with van der Waals surface area (Å²) < 4.78 is 0. The van der Waals surface area contributed by atoms with Gasteiger partial charge in [-0.15, -0.1) is 0 Å². The van der Waals surface area contributed by atoms with Crippen LogP contribution in [0, 0.1) is 0 Å². The third-order valence-corrected chi connectivity index (χ3v) is 3.00. The maximum absolute atomic E-state index is 11.1. The number of aliphatic hydroxyl groups excluding tert-OH is 2. The number of aliphatic hydroxyl groups is 2. The van der Waals surface area contributed by atoms with E-state index in [0.29, 0.717) is 12.8 Å². The van der Waals surface area contributed by atoms with E-state index in [1.54, 1.807) is 0 Å². The van der Waals surface area contributed by atoms with Gasteiger partial charge in [0.15, 0.2) is 0 Å². The predicted molar refractivity (Wildman–Crippen MR) is 56.6 cm³/mol. The standard InChI is InChI=1S/C10H17NO6/c12-5-7(13)4-6-2-1-3-8(9(14)15)11(6)10(16)17/h6-8,12-13H,1-5H2,(H,14,15)(H,16,17). The van der Waals surface area contributed by atoms with Crippen LogP contribution in [-0.4, -0.2) is 62.2 Å². The Labute approximate surface area is 98.3 Å². The Balaban J connectivity index is 2.79. The van der Waals surface area contributed by atoms with E-state index in [0.717, 1.165) is 4.90 Å². The van der Waals surface area contributed by atoms with E-state index >= 15 is 0 Å². The first kappa shape index (κ1) is 13.7. The van der Waals surface area contributed by atoms with E-state index in [1.807, 2.05) is 0 Å². The molecule has 0 aromatic heterocycles.